The van der Waals surface area contributed by atoms with Crippen LogP contribution in [0.4, 0.5) is 0 Å². The lowest BCUT2D eigenvalue weighted by Gasteiger charge is -2.14. The lowest BCUT2D eigenvalue weighted by atomic mass is 10.1. The largest absolute Gasteiger partial charge is 0.377 e. The Labute approximate surface area is 172 Å². The van der Waals surface area contributed by atoms with Gasteiger partial charge < -0.3 is 15.4 Å². The molecule has 0 amide bonds. The van der Waals surface area contributed by atoms with Gasteiger partial charge in [-0.1, -0.05) is 31.2 Å². The Balaban J connectivity index is 0.00000312. The first kappa shape index (κ1) is 21.9. The molecule has 6 heteroatoms. The topological polar surface area (TPSA) is 45.6 Å². The Hall–Kier alpha value is -1.12. The van der Waals surface area contributed by atoms with Crippen molar-refractivity contribution in [2.45, 2.75) is 40.0 Å². The minimum Gasteiger partial charge on any atom is -0.377 e. The number of hydrogen-bond donors (Lipinski definition) is 2. The molecule has 0 spiro atoms. The highest BCUT2D eigenvalue weighted by molar-refractivity contribution is 14.0. The Bertz CT molecular complexity index is 658. The van der Waals surface area contributed by atoms with Crippen LogP contribution in [0.2, 0.25) is 0 Å². The lowest BCUT2D eigenvalue weighted by Crippen LogP contribution is -2.36. The van der Waals surface area contributed by atoms with E-state index in [1.165, 1.54) is 20.9 Å². The van der Waals surface area contributed by atoms with Crippen LogP contribution in [0.15, 0.2) is 41.4 Å². The van der Waals surface area contributed by atoms with E-state index in [0.717, 1.165) is 32.1 Å². The zero-order valence-corrected chi connectivity index (χ0v) is 18.3. The summed E-state index contributed by atoms with van der Waals surface area (Å²) in [6.45, 7) is 7.10. The van der Waals surface area contributed by atoms with Crippen LogP contribution in [-0.4, -0.2) is 19.6 Å². The van der Waals surface area contributed by atoms with Crippen molar-refractivity contribution in [2.75, 3.05) is 13.7 Å². The Kier molecular flexibility index (Phi) is 10.8. The molecule has 0 saturated heterocycles. The Morgan fingerprint density at radius 3 is 2.32 bits per heavy atom. The monoisotopic (exact) mass is 473 g/mol. The number of aryl methyl sites for hydroxylation is 1. The first-order valence-corrected chi connectivity index (χ1v) is 9.25. The van der Waals surface area contributed by atoms with E-state index in [1.54, 1.807) is 7.05 Å². The fraction of sp³-hybridized carbons (Fsp3) is 0.421. The van der Waals surface area contributed by atoms with Gasteiger partial charge in [-0.15, -0.1) is 35.3 Å². The van der Waals surface area contributed by atoms with Gasteiger partial charge in [-0.05, 0) is 36.6 Å². The van der Waals surface area contributed by atoms with Crippen molar-refractivity contribution in [3.63, 3.8) is 0 Å². The van der Waals surface area contributed by atoms with Gasteiger partial charge in [-0.2, -0.15) is 0 Å². The van der Waals surface area contributed by atoms with Crippen molar-refractivity contribution >= 4 is 41.3 Å². The zero-order chi connectivity index (χ0) is 17.2. The molecule has 0 radical (unpaired) electrons. The molecule has 0 unspecified atom stereocenters. The number of halogens is 1. The number of nitrogens with one attached hydrogen (secondary N) is 2. The van der Waals surface area contributed by atoms with Gasteiger partial charge in [-0.25, -0.2) is 0 Å². The molecule has 0 saturated carbocycles. The number of rotatable bonds is 8. The molecule has 138 valence electrons. The molecule has 0 atom stereocenters. The third kappa shape index (κ3) is 7.33. The molecule has 0 aliphatic rings. The van der Waals surface area contributed by atoms with Gasteiger partial charge in [0.2, 0.25) is 0 Å². The minimum absolute atomic E-state index is 0. The molecule has 4 nitrogen and oxygen atoms in total. The lowest BCUT2D eigenvalue weighted by molar-refractivity contribution is 0.133. The maximum Gasteiger partial charge on any atom is 0.191 e. The summed E-state index contributed by atoms with van der Waals surface area (Å²) in [7, 11) is 1.80. The second-order valence-electron chi connectivity index (χ2n) is 5.41. The van der Waals surface area contributed by atoms with Gasteiger partial charge in [0.1, 0.15) is 0 Å². The highest BCUT2D eigenvalue weighted by Gasteiger charge is 2.04. The standard InChI is InChI=1S/C19H27N3OS.HI/c1-4-17-10-11-18(24-17)13-22-19(20-3)21-12-15-8-6-7-9-16(15)14-23-5-2;/h6-11H,4-5,12-14H2,1-3H3,(H2,20,21,22);1H. The quantitative estimate of drug-likeness (QED) is 0.341. The summed E-state index contributed by atoms with van der Waals surface area (Å²) in [4.78, 5) is 7.05. The van der Waals surface area contributed by atoms with Crippen LogP contribution in [-0.2, 0) is 30.9 Å². The summed E-state index contributed by atoms with van der Waals surface area (Å²) < 4.78 is 5.54. The van der Waals surface area contributed by atoms with E-state index in [2.05, 4.69) is 52.9 Å². The molecule has 25 heavy (non-hydrogen) atoms. The summed E-state index contributed by atoms with van der Waals surface area (Å²) in [5, 5.41) is 6.76. The van der Waals surface area contributed by atoms with Gasteiger partial charge in [0.25, 0.3) is 0 Å². The van der Waals surface area contributed by atoms with Gasteiger partial charge in [0.15, 0.2) is 5.96 Å². The molecule has 1 aromatic carbocycles. The van der Waals surface area contributed by atoms with Gasteiger partial charge >= 0.3 is 0 Å². The number of hydrogen-bond acceptors (Lipinski definition) is 3. The van der Waals surface area contributed by atoms with E-state index in [1.807, 2.05) is 24.3 Å². The molecular weight excluding hydrogens is 445 g/mol. The Morgan fingerprint density at radius 1 is 1.00 bits per heavy atom. The third-order valence-corrected chi connectivity index (χ3v) is 4.98. The van der Waals surface area contributed by atoms with Crippen LogP contribution < -0.4 is 10.6 Å². The average molecular weight is 473 g/mol. The number of nitrogens with zero attached hydrogens (tertiary/aromatic N) is 1. The first-order chi connectivity index (χ1) is 11.8. The summed E-state index contributed by atoms with van der Waals surface area (Å²) in [5.41, 5.74) is 2.45. The van der Waals surface area contributed by atoms with Crippen LogP contribution in [0.5, 0.6) is 0 Å². The van der Waals surface area contributed by atoms with E-state index in [4.69, 9.17) is 4.74 Å². The predicted molar refractivity (Wildman–Crippen MR) is 118 cm³/mol. The third-order valence-electron chi connectivity index (χ3n) is 3.75. The van der Waals surface area contributed by atoms with Crippen molar-refractivity contribution in [1.82, 2.24) is 10.6 Å². The second-order valence-corrected chi connectivity index (χ2v) is 6.66. The number of thiophene rings is 1. The van der Waals surface area contributed by atoms with E-state index in [-0.39, 0.29) is 24.0 Å². The van der Waals surface area contributed by atoms with Crippen LogP contribution >= 0.6 is 35.3 Å². The van der Waals surface area contributed by atoms with E-state index in [9.17, 15) is 0 Å². The minimum atomic E-state index is 0. The van der Waals surface area contributed by atoms with E-state index in [0.29, 0.717) is 6.61 Å². The van der Waals surface area contributed by atoms with E-state index >= 15 is 0 Å². The van der Waals surface area contributed by atoms with E-state index < -0.39 is 0 Å². The van der Waals surface area contributed by atoms with Gasteiger partial charge in [0.05, 0.1) is 13.2 Å². The molecule has 0 bridgehead atoms. The molecule has 2 N–H and O–H groups in total. The molecule has 0 fully saturated rings. The second kappa shape index (κ2) is 12.3. The predicted octanol–water partition coefficient (Wildman–Crippen LogP) is 4.33. The van der Waals surface area contributed by atoms with Crippen LogP contribution in [0.1, 0.15) is 34.7 Å². The Morgan fingerprint density at radius 2 is 1.68 bits per heavy atom. The number of aliphatic imine (C=N–C) groups is 1. The normalized spacial score (nSPS) is 11.1. The molecule has 0 aliphatic carbocycles. The van der Waals surface area contributed by atoms with Crippen molar-refractivity contribution < 1.29 is 4.74 Å². The maximum atomic E-state index is 5.54. The summed E-state index contributed by atoms with van der Waals surface area (Å²) in [6, 6.07) is 12.7. The van der Waals surface area contributed by atoms with Crippen molar-refractivity contribution in [3.8, 4) is 0 Å². The molecule has 1 aromatic heterocycles. The average Bonchev–Trinajstić information content (AvgIpc) is 3.09. The number of guanidine groups is 1. The zero-order valence-electron chi connectivity index (χ0n) is 15.2. The van der Waals surface area contributed by atoms with Crippen molar-refractivity contribution in [2.24, 2.45) is 4.99 Å². The SMILES string of the molecule is CCOCc1ccccc1CNC(=NC)NCc1ccc(CC)s1.I. The van der Waals surface area contributed by atoms with Crippen LogP contribution in [0, 0.1) is 0 Å². The fourth-order valence-corrected chi connectivity index (χ4v) is 3.26. The highest BCUT2D eigenvalue weighted by atomic mass is 127. The van der Waals surface area contributed by atoms with Crippen molar-refractivity contribution in [1.29, 1.82) is 0 Å². The summed E-state index contributed by atoms with van der Waals surface area (Å²) in [5.74, 6) is 0.813. The first-order valence-electron chi connectivity index (χ1n) is 8.43. The number of ether oxygens (including phenoxy) is 1. The summed E-state index contributed by atoms with van der Waals surface area (Å²) in [6.07, 6.45) is 1.09. The molecular formula is C19H28IN3OS. The maximum absolute atomic E-state index is 5.54. The summed E-state index contributed by atoms with van der Waals surface area (Å²) >= 11 is 1.85. The number of benzene rings is 1. The molecule has 2 aromatic rings. The smallest absolute Gasteiger partial charge is 0.191 e. The molecule has 0 aliphatic heterocycles. The van der Waals surface area contributed by atoms with Gasteiger partial charge in [0, 0.05) is 30.0 Å². The van der Waals surface area contributed by atoms with Crippen molar-refractivity contribution in [3.05, 3.63) is 57.3 Å². The molecule has 1 heterocycles. The van der Waals surface area contributed by atoms with Crippen LogP contribution in [0.25, 0.3) is 0 Å². The highest BCUT2D eigenvalue weighted by Crippen LogP contribution is 2.16. The van der Waals surface area contributed by atoms with Crippen LogP contribution in [0.3, 0.4) is 0 Å². The molecule has 2 rings (SSSR count). The van der Waals surface area contributed by atoms with Gasteiger partial charge in [-0.3, -0.25) is 4.99 Å². The fourth-order valence-electron chi connectivity index (χ4n) is 2.36.